The Hall–Kier alpha value is -4.18. The lowest BCUT2D eigenvalue weighted by Gasteiger charge is -2.12. The van der Waals surface area contributed by atoms with Crippen molar-refractivity contribution in [2.45, 2.75) is 0 Å². The van der Waals surface area contributed by atoms with Crippen molar-refractivity contribution in [2.75, 3.05) is 0 Å². The summed E-state index contributed by atoms with van der Waals surface area (Å²) in [6, 6.07) is 27.8. The first kappa shape index (κ1) is 15.7. The molecule has 30 heavy (non-hydrogen) atoms. The molecule has 140 valence electrons. The van der Waals surface area contributed by atoms with Crippen molar-refractivity contribution >= 4 is 49.3 Å². The minimum Gasteiger partial charge on any atom is -0.309 e. The molecular weight excluding hydrogens is 368 g/mol. The third-order valence-electron chi connectivity index (χ3n) is 6.02. The summed E-state index contributed by atoms with van der Waals surface area (Å²) in [6.07, 6.45) is 5.71. The molecule has 4 heteroatoms. The summed E-state index contributed by atoms with van der Waals surface area (Å²) in [5.74, 6) is 0. The number of hydrogen-bond donors (Lipinski definition) is 0. The molecule has 4 aromatic heterocycles. The second kappa shape index (κ2) is 5.67. The fraction of sp³-hybridized carbons (Fsp3) is 0. The van der Waals surface area contributed by atoms with Crippen molar-refractivity contribution in [3.8, 4) is 5.69 Å². The van der Waals surface area contributed by atoms with Crippen LogP contribution < -0.4 is 0 Å². The van der Waals surface area contributed by atoms with Gasteiger partial charge < -0.3 is 4.57 Å². The van der Waals surface area contributed by atoms with E-state index in [0.717, 1.165) is 27.8 Å². The number of nitrogens with zero attached hydrogens (tertiary/aromatic N) is 4. The van der Waals surface area contributed by atoms with Crippen LogP contribution in [0.25, 0.3) is 54.9 Å². The number of fused-ring (bicyclic) bond motifs is 10. The minimum atomic E-state index is 0.889. The molecule has 0 spiro atoms. The lowest BCUT2D eigenvalue weighted by atomic mass is 10.0. The lowest BCUT2D eigenvalue weighted by molar-refractivity contribution is 1.18. The third kappa shape index (κ3) is 1.90. The Morgan fingerprint density at radius 1 is 0.600 bits per heavy atom. The van der Waals surface area contributed by atoms with Gasteiger partial charge in [0.25, 0.3) is 0 Å². The molecule has 0 bridgehead atoms. The van der Waals surface area contributed by atoms with E-state index in [1.807, 2.05) is 24.7 Å². The van der Waals surface area contributed by atoms with Gasteiger partial charge in [0.15, 0.2) is 5.65 Å². The maximum atomic E-state index is 4.70. The third-order valence-corrected chi connectivity index (χ3v) is 6.02. The van der Waals surface area contributed by atoms with Gasteiger partial charge >= 0.3 is 0 Å². The van der Waals surface area contributed by atoms with Crippen LogP contribution in [-0.2, 0) is 0 Å². The van der Waals surface area contributed by atoms with Crippen LogP contribution in [0.1, 0.15) is 0 Å². The number of aromatic nitrogens is 4. The van der Waals surface area contributed by atoms with Crippen LogP contribution in [0.15, 0.2) is 97.5 Å². The summed E-state index contributed by atoms with van der Waals surface area (Å²) in [5.41, 5.74) is 6.50. The second-order valence-corrected chi connectivity index (χ2v) is 7.56. The number of imidazole rings is 1. The lowest BCUT2D eigenvalue weighted by Crippen LogP contribution is -1.97. The highest BCUT2D eigenvalue weighted by molar-refractivity contribution is 6.25. The van der Waals surface area contributed by atoms with E-state index in [4.69, 9.17) is 4.98 Å². The summed E-state index contributed by atoms with van der Waals surface area (Å²) in [7, 11) is 0. The first-order valence-corrected chi connectivity index (χ1v) is 10.0. The topological polar surface area (TPSA) is 35.1 Å². The molecule has 0 fully saturated rings. The van der Waals surface area contributed by atoms with Crippen LogP contribution in [0.3, 0.4) is 0 Å². The predicted molar refractivity (Wildman–Crippen MR) is 122 cm³/mol. The molecule has 0 aliphatic carbocycles. The molecule has 0 atom stereocenters. The van der Waals surface area contributed by atoms with Gasteiger partial charge in [-0.25, -0.2) is 4.98 Å². The highest BCUT2D eigenvalue weighted by Crippen LogP contribution is 2.39. The quantitative estimate of drug-likeness (QED) is 0.319. The molecule has 0 unspecified atom stereocenters. The van der Waals surface area contributed by atoms with E-state index in [-0.39, 0.29) is 0 Å². The van der Waals surface area contributed by atoms with Gasteiger partial charge in [-0.1, -0.05) is 48.5 Å². The van der Waals surface area contributed by atoms with Crippen LogP contribution in [0, 0.1) is 0 Å². The number of para-hydroxylation sites is 2. The van der Waals surface area contributed by atoms with Gasteiger partial charge in [-0.15, -0.1) is 0 Å². The Kier molecular flexibility index (Phi) is 2.97. The molecule has 0 amide bonds. The zero-order valence-corrected chi connectivity index (χ0v) is 16.0. The Morgan fingerprint density at radius 3 is 2.37 bits per heavy atom. The van der Waals surface area contributed by atoms with Crippen molar-refractivity contribution < 1.29 is 0 Å². The van der Waals surface area contributed by atoms with Crippen LogP contribution in [0.5, 0.6) is 0 Å². The van der Waals surface area contributed by atoms with E-state index in [9.17, 15) is 0 Å². The average molecular weight is 384 g/mol. The Morgan fingerprint density at radius 2 is 1.43 bits per heavy atom. The molecule has 0 saturated carbocycles. The first-order valence-electron chi connectivity index (χ1n) is 10.0. The van der Waals surface area contributed by atoms with Gasteiger partial charge in [-0.2, -0.15) is 0 Å². The molecule has 4 heterocycles. The molecule has 3 aromatic carbocycles. The number of benzene rings is 3. The predicted octanol–water partition coefficient (Wildman–Crippen LogP) is 6.13. The van der Waals surface area contributed by atoms with Gasteiger partial charge in [0, 0.05) is 45.8 Å². The smallest absolute Gasteiger partial charge is 0.163 e. The molecule has 0 radical (unpaired) electrons. The summed E-state index contributed by atoms with van der Waals surface area (Å²) in [4.78, 5) is 9.30. The number of pyridine rings is 2. The van der Waals surface area contributed by atoms with Crippen molar-refractivity contribution in [1.82, 2.24) is 18.9 Å². The Bertz CT molecular complexity index is 1740. The second-order valence-electron chi connectivity index (χ2n) is 7.56. The molecule has 0 aliphatic heterocycles. The fourth-order valence-corrected chi connectivity index (χ4v) is 4.82. The standard InChI is InChI=1S/C26H16N4/c1-2-7-17(8-3-1)30-21-11-5-4-9-18(21)19-12-13-22-23(25(19)30)20-10-6-14-27-24(20)26-28-15-16-29(22)26/h1-16H. The summed E-state index contributed by atoms with van der Waals surface area (Å²) < 4.78 is 4.53. The fourth-order valence-electron chi connectivity index (χ4n) is 4.82. The van der Waals surface area contributed by atoms with Crippen LogP contribution in [-0.4, -0.2) is 18.9 Å². The molecule has 7 rings (SSSR count). The summed E-state index contributed by atoms with van der Waals surface area (Å²) in [6.45, 7) is 0. The van der Waals surface area contributed by atoms with Gasteiger partial charge in [0.2, 0.25) is 0 Å². The SMILES string of the molecule is c1ccc(-n2c3ccccc3c3ccc4c(c5cccnc5c5nccn45)c32)cc1. The van der Waals surface area contributed by atoms with Crippen molar-refractivity contribution in [1.29, 1.82) is 0 Å². The van der Waals surface area contributed by atoms with E-state index >= 15 is 0 Å². The van der Waals surface area contributed by atoms with Crippen molar-refractivity contribution in [3.63, 3.8) is 0 Å². The molecule has 7 aromatic rings. The van der Waals surface area contributed by atoms with Crippen molar-refractivity contribution in [3.05, 3.63) is 97.5 Å². The highest BCUT2D eigenvalue weighted by atomic mass is 15.0. The normalized spacial score (nSPS) is 12.0. The number of hydrogen-bond acceptors (Lipinski definition) is 2. The molecule has 4 nitrogen and oxygen atoms in total. The molecule has 0 aliphatic rings. The van der Waals surface area contributed by atoms with E-state index < -0.39 is 0 Å². The zero-order chi connectivity index (χ0) is 19.7. The van der Waals surface area contributed by atoms with E-state index in [1.165, 1.54) is 27.2 Å². The van der Waals surface area contributed by atoms with Gasteiger partial charge in [-0.3, -0.25) is 9.38 Å². The highest BCUT2D eigenvalue weighted by Gasteiger charge is 2.19. The molecule has 0 saturated heterocycles. The first-order chi connectivity index (χ1) is 14.9. The van der Waals surface area contributed by atoms with Gasteiger partial charge in [0.05, 0.1) is 16.6 Å². The number of rotatable bonds is 1. The summed E-state index contributed by atoms with van der Waals surface area (Å²) >= 11 is 0. The maximum absolute atomic E-state index is 4.70. The van der Waals surface area contributed by atoms with E-state index in [2.05, 4.69) is 86.7 Å². The van der Waals surface area contributed by atoms with E-state index in [1.54, 1.807) is 0 Å². The zero-order valence-electron chi connectivity index (χ0n) is 16.0. The van der Waals surface area contributed by atoms with E-state index in [0.29, 0.717) is 0 Å². The van der Waals surface area contributed by atoms with Crippen molar-refractivity contribution in [2.24, 2.45) is 0 Å². The Labute approximate surface area is 171 Å². The van der Waals surface area contributed by atoms with Gasteiger partial charge in [-0.05, 0) is 30.3 Å². The van der Waals surface area contributed by atoms with Crippen LogP contribution >= 0.6 is 0 Å². The molecular formula is C26H16N4. The largest absolute Gasteiger partial charge is 0.309 e. The average Bonchev–Trinajstić information content (AvgIpc) is 3.43. The Balaban J connectivity index is 1.87. The van der Waals surface area contributed by atoms with Crippen LogP contribution in [0.2, 0.25) is 0 Å². The molecule has 0 N–H and O–H groups in total. The monoisotopic (exact) mass is 384 g/mol. The van der Waals surface area contributed by atoms with Crippen LogP contribution in [0.4, 0.5) is 0 Å². The van der Waals surface area contributed by atoms with Gasteiger partial charge in [0.1, 0.15) is 5.52 Å². The maximum Gasteiger partial charge on any atom is 0.163 e. The minimum absolute atomic E-state index is 0.889. The summed E-state index contributed by atoms with van der Waals surface area (Å²) in [5, 5.41) is 4.81.